The Balaban J connectivity index is 1.85. The van der Waals surface area contributed by atoms with Crippen LogP contribution in [0.4, 0.5) is 5.69 Å². The molecule has 5 nitrogen and oxygen atoms in total. The monoisotopic (exact) mass is 305 g/mol. The number of benzene rings is 2. The molecular formula is C18H15N3O2. The fourth-order valence-electron chi connectivity index (χ4n) is 2.24. The number of amides is 1. The van der Waals surface area contributed by atoms with E-state index in [1.54, 1.807) is 12.1 Å². The van der Waals surface area contributed by atoms with Gasteiger partial charge in [-0.2, -0.15) is 0 Å². The number of hydrogen-bond acceptors (Lipinski definition) is 3. The predicted molar refractivity (Wildman–Crippen MR) is 92.0 cm³/mol. The van der Waals surface area contributed by atoms with Crippen LogP contribution in [0, 0.1) is 0 Å². The number of anilines is 1. The Kier molecular flexibility index (Phi) is 4.01. The van der Waals surface area contributed by atoms with Gasteiger partial charge < -0.3 is 10.3 Å². The van der Waals surface area contributed by atoms with Gasteiger partial charge in [0.05, 0.1) is 10.9 Å². The van der Waals surface area contributed by atoms with Crippen molar-refractivity contribution in [3.05, 3.63) is 70.3 Å². The highest BCUT2D eigenvalue weighted by molar-refractivity contribution is 5.88. The van der Waals surface area contributed by atoms with Gasteiger partial charge in [0.25, 0.3) is 5.56 Å². The lowest BCUT2D eigenvalue weighted by molar-refractivity contribution is -0.114. The Morgan fingerprint density at radius 3 is 2.57 bits per heavy atom. The van der Waals surface area contributed by atoms with Crippen LogP contribution >= 0.6 is 0 Å². The summed E-state index contributed by atoms with van der Waals surface area (Å²) in [5.41, 5.74) is 2.19. The van der Waals surface area contributed by atoms with Gasteiger partial charge in [0.15, 0.2) is 0 Å². The van der Waals surface area contributed by atoms with Crippen LogP contribution in [0.15, 0.2) is 53.3 Å². The molecule has 0 aliphatic rings. The first kappa shape index (κ1) is 14.7. The summed E-state index contributed by atoms with van der Waals surface area (Å²) in [6, 6.07) is 14.6. The van der Waals surface area contributed by atoms with Crippen LogP contribution < -0.4 is 10.9 Å². The molecule has 3 aromatic rings. The zero-order chi connectivity index (χ0) is 16.2. The maximum absolute atomic E-state index is 12.0. The molecule has 1 amide bonds. The number of fused-ring (bicyclic) bond motifs is 1. The molecule has 23 heavy (non-hydrogen) atoms. The average Bonchev–Trinajstić information content (AvgIpc) is 2.54. The predicted octanol–water partition coefficient (Wildman–Crippen LogP) is 3.05. The molecule has 0 aliphatic carbocycles. The first-order valence-corrected chi connectivity index (χ1v) is 7.16. The zero-order valence-corrected chi connectivity index (χ0v) is 12.5. The third kappa shape index (κ3) is 3.52. The fourth-order valence-corrected chi connectivity index (χ4v) is 2.24. The molecule has 0 fully saturated rings. The van der Waals surface area contributed by atoms with Crippen molar-refractivity contribution in [3.63, 3.8) is 0 Å². The molecule has 0 bridgehead atoms. The SMILES string of the molecule is CC(=O)Nc1ccc(C=Cc2nc3ccccc3c(=O)[nH]2)cc1. The number of aromatic amines is 1. The number of carbonyl (C=O) groups is 1. The van der Waals surface area contributed by atoms with Crippen molar-refractivity contribution >= 4 is 34.6 Å². The Labute approximate surface area is 132 Å². The molecule has 1 heterocycles. The van der Waals surface area contributed by atoms with E-state index in [2.05, 4.69) is 15.3 Å². The van der Waals surface area contributed by atoms with Gasteiger partial charge in [0.1, 0.15) is 5.82 Å². The largest absolute Gasteiger partial charge is 0.326 e. The molecule has 0 saturated carbocycles. The summed E-state index contributed by atoms with van der Waals surface area (Å²) in [5.74, 6) is 0.394. The summed E-state index contributed by atoms with van der Waals surface area (Å²) in [4.78, 5) is 30.1. The van der Waals surface area contributed by atoms with Gasteiger partial charge in [-0.25, -0.2) is 4.98 Å². The van der Waals surface area contributed by atoms with E-state index in [9.17, 15) is 9.59 Å². The van der Waals surface area contributed by atoms with E-state index in [0.717, 1.165) is 11.3 Å². The molecule has 0 radical (unpaired) electrons. The summed E-state index contributed by atoms with van der Waals surface area (Å²) < 4.78 is 0. The van der Waals surface area contributed by atoms with Crippen molar-refractivity contribution in [1.82, 2.24) is 9.97 Å². The van der Waals surface area contributed by atoms with Crippen LogP contribution in [0.2, 0.25) is 0 Å². The average molecular weight is 305 g/mol. The van der Waals surface area contributed by atoms with E-state index >= 15 is 0 Å². The topological polar surface area (TPSA) is 74.8 Å². The normalized spacial score (nSPS) is 11.0. The summed E-state index contributed by atoms with van der Waals surface area (Å²) in [5, 5.41) is 3.28. The molecule has 5 heteroatoms. The van der Waals surface area contributed by atoms with E-state index in [-0.39, 0.29) is 11.5 Å². The van der Waals surface area contributed by atoms with Crippen LogP contribution in [0.3, 0.4) is 0 Å². The van der Waals surface area contributed by atoms with Crippen LogP contribution in [-0.2, 0) is 4.79 Å². The van der Waals surface area contributed by atoms with E-state index in [1.807, 2.05) is 48.5 Å². The van der Waals surface area contributed by atoms with Crippen molar-refractivity contribution in [3.8, 4) is 0 Å². The fraction of sp³-hybridized carbons (Fsp3) is 0.0556. The van der Waals surface area contributed by atoms with Crippen LogP contribution in [0.1, 0.15) is 18.3 Å². The number of aromatic nitrogens is 2. The van der Waals surface area contributed by atoms with E-state index < -0.39 is 0 Å². The van der Waals surface area contributed by atoms with Gasteiger partial charge in [-0.3, -0.25) is 9.59 Å². The lowest BCUT2D eigenvalue weighted by atomic mass is 10.2. The van der Waals surface area contributed by atoms with Gasteiger partial charge in [-0.1, -0.05) is 30.3 Å². The number of nitrogens with zero attached hydrogens (tertiary/aromatic N) is 1. The van der Waals surface area contributed by atoms with Gasteiger partial charge >= 0.3 is 0 Å². The summed E-state index contributed by atoms with van der Waals surface area (Å²) in [7, 11) is 0. The number of para-hydroxylation sites is 1. The quantitative estimate of drug-likeness (QED) is 0.781. The zero-order valence-electron chi connectivity index (χ0n) is 12.5. The van der Waals surface area contributed by atoms with Gasteiger partial charge in [-0.15, -0.1) is 0 Å². The lowest BCUT2D eigenvalue weighted by Gasteiger charge is -2.02. The Hall–Kier alpha value is -3.21. The smallest absolute Gasteiger partial charge is 0.259 e. The van der Waals surface area contributed by atoms with Crippen molar-refractivity contribution in [2.24, 2.45) is 0 Å². The number of H-pyrrole nitrogens is 1. The van der Waals surface area contributed by atoms with Crippen molar-refractivity contribution in [2.75, 3.05) is 5.32 Å². The second kappa shape index (κ2) is 6.27. The standard InChI is InChI=1S/C18H15N3O2/c1-12(22)19-14-9-6-13(7-10-14)8-11-17-20-16-5-3-2-4-15(16)18(23)21-17/h2-11H,1H3,(H,19,22)(H,20,21,23). The highest BCUT2D eigenvalue weighted by Gasteiger charge is 2.00. The molecular weight excluding hydrogens is 290 g/mol. The summed E-state index contributed by atoms with van der Waals surface area (Å²) in [6.45, 7) is 1.47. The third-order valence-electron chi connectivity index (χ3n) is 3.30. The molecule has 0 unspecified atom stereocenters. The second-order valence-electron chi connectivity index (χ2n) is 5.10. The first-order valence-electron chi connectivity index (χ1n) is 7.16. The highest BCUT2D eigenvalue weighted by atomic mass is 16.1. The van der Waals surface area contributed by atoms with Crippen LogP contribution in [0.5, 0.6) is 0 Å². The van der Waals surface area contributed by atoms with Crippen molar-refractivity contribution in [1.29, 1.82) is 0 Å². The Morgan fingerprint density at radius 2 is 1.83 bits per heavy atom. The molecule has 0 saturated heterocycles. The number of rotatable bonds is 3. The molecule has 2 aromatic carbocycles. The molecule has 2 N–H and O–H groups in total. The highest BCUT2D eigenvalue weighted by Crippen LogP contribution is 2.12. The minimum atomic E-state index is -0.156. The van der Waals surface area contributed by atoms with Crippen LogP contribution in [0.25, 0.3) is 23.1 Å². The third-order valence-corrected chi connectivity index (χ3v) is 3.30. The van der Waals surface area contributed by atoms with Gasteiger partial charge in [0.2, 0.25) is 5.91 Å². The lowest BCUT2D eigenvalue weighted by Crippen LogP contribution is -2.09. The molecule has 1 aromatic heterocycles. The first-order chi connectivity index (χ1) is 11.1. The molecule has 114 valence electrons. The maximum atomic E-state index is 12.0. The van der Waals surface area contributed by atoms with Gasteiger partial charge in [-0.05, 0) is 35.9 Å². The Morgan fingerprint density at radius 1 is 1.09 bits per heavy atom. The molecule has 0 aliphatic heterocycles. The number of nitrogens with one attached hydrogen (secondary N) is 2. The number of hydrogen-bond donors (Lipinski definition) is 2. The molecule has 0 spiro atoms. The summed E-state index contributed by atoms with van der Waals surface area (Å²) >= 11 is 0. The minimum absolute atomic E-state index is 0.105. The van der Waals surface area contributed by atoms with Crippen molar-refractivity contribution in [2.45, 2.75) is 6.92 Å². The molecule has 0 atom stereocenters. The number of carbonyl (C=O) groups excluding carboxylic acids is 1. The van der Waals surface area contributed by atoms with Crippen LogP contribution in [-0.4, -0.2) is 15.9 Å². The van der Waals surface area contributed by atoms with E-state index in [1.165, 1.54) is 6.92 Å². The second-order valence-corrected chi connectivity index (χ2v) is 5.10. The van der Waals surface area contributed by atoms with Crippen molar-refractivity contribution < 1.29 is 4.79 Å². The van der Waals surface area contributed by atoms with Gasteiger partial charge in [0, 0.05) is 12.6 Å². The summed E-state index contributed by atoms with van der Waals surface area (Å²) in [6.07, 6.45) is 3.60. The Bertz CT molecular complexity index is 940. The minimum Gasteiger partial charge on any atom is -0.326 e. The van der Waals surface area contributed by atoms with E-state index in [4.69, 9.17) is 0 Å². The molecule has 3 rings (SSSR count). The maximum Gasteiger partial charge on any atom is 0.259 e. The van der Waals surface area contributed by atoms with E-state index in [0.29, 0.717) is 16.7 Å².